The van der Waals surface area contributed by atoms with Crippen molar-refractivity contribution in [2.24, 2.45) is 0 Å². The zero-order chi connectivity index (χ0) is 16.4. The van der Waals surface area contributed by atoms with Gasteiger partial charge in [0.1, 0.15) is 12.4 Å². The Kier molecular flexibility index (Phi) is 4.09. The number of carbonyl (C=O) groups is 1. The summed E-state index contributed by atoms with van der Waals surface area (Å²) >= 11 is 0. The van der Waals surface area contributed by atoms with Gasteiger partial charge in [-0.15, -0.1) is 0 Å². The lowest BCUT2D eigenvalue weighted by Gasteiger charge is -2.26. The zero-order valence-corrected chi connectivity index (χ0v) is 13.5. The first-order chi connectivity index (χ1) is 10.9. The summed E-state index contributed by atoms with van der Waals surface area (Å²) in [4.78, 5) is 12.5. The molecule has 1 aliphatic heterocycles. The molecule has 1 heterocycles. The molecule has 0 aromatic heterocycles. The van der Waals surface area contributed by atoms with Crippen molar-refractivity contribution >= 4 is 15.7 Å². The maximum atomic E-state index is 12.3. The van der Waals surface area contributed by atoms with Gasteiger partial charge in [-0.1, -0.05) is 24.3 Å². The number of sulfone groups is 1. The van der Waals surface area contributed by atoms with Crippen LogP contribution in [0.1, 0.15) is 15.9 Å². The average Bonchev–Trinajstić information content (AvgIpc) is 2.54. The van der Waals surface area contributed by atoms with Gasteiger partial charge in [0.25, 0.3) is 5.91 Å². The maximum absolute atomic E-state index is 12.3. The fourth-order valence-electron chi connectivity index (χ4n) is 2.56. The molecule has 1 atom stereocenters. The van der Waals surface area contributed by atoms with Crippen LogP contribution in [-0.4, -0.2) is 33.2 Å². The molecule has 0 spiro atoms. The van der Waals surface area contributed by atoms with Crippen LogP contribution in [0.15, 0.2) is 53.4 Å². The molecule has 23 heavy (non-hydrogen) atoms. The number of fused-ring (bicyclic) bond motifs is 1. The third-order valence-corrected chi connectivity index (χ3v) is 4.85. The molecule has 0 bridgehead atoms. The molecule has 120 valence electrons. The lowest BCUT2D eigenvalue weighted by molar-refractivity contribution is 0.0915. The van der Waals surface area contributed by atoms with Crippen LogP contribution in [0.25, 0.3) is 0 Å². The van der Waals surface area contributed by atoms with E-state index in [0.29, 0.717) is 18.6 Å². The smallest absolute Gasteiger partial charge is 0.251 e. The quantitative estimate of drug-likeness (QED) is 0.931. The summed E-state index contributed by atoms with van der Waals surface area (Å²) in [5, 5.41) is 2.90. The van der Waals surface area contributed by atoms with Gasteiger partial charge >= 0.3 is 0 Å². The molecule has 6 heteroatoms. The molecule has 3 rings (SSSR count). The Morgan fingerprint density at radius 1 is 1.17 bits per heavy atom. The standard InChI is InChI=1S/C17H17NO4S/c1-23(20,21)15-7-4-6-13(10-15)17(19)18-14-9-12-5-2-3-8-16(12)22-11-14/h2-8,10,14H,9,11H2,1H3,(H,18,19)/t14-/m1/s1. The fraction of sp³-hybridized carbons (Fsp3) is 0.235. The summed E-state index contributed by atoms with van der Waals surface area (Å²) in [6, 6.07) is 13.6. The predicted octanol–water partition coefficient (Wildman–Crippen LogP) is 1.82. The van der Waals surface area contributed by atoms with Crippen LogP contribution >= 0.6 is 0 Å². The predicted molar refractivity (Wildman–Crippen MR) is 86.4 cm³/mol. The highest BCUT2D eigenvalue weighted by Gasteiger charge is 2.22. The molecular weight excluding hydrogens is 314 g/mol. The maximum Gasteiger partial charge on any atom is 0.251 e. The van der Waals surface area contributed by atoms with E-state index >= 15 is 0 Å². The van der Waals surface area contributed by atoms with Crippen molar-refractivity contribution < 1.29 is 17.9 Å². The Morgan fingerprint density at radius 3 is 2.74 bits per heavy atom. The van der Waals surface area contributed by atoms with Gasteiger partial charge in [-0.05, 0) is 36.2 Å². The molecule has 2 aromatic carbocycles. The minimum atomic E-state index is -3.34. The normalized spacial score (nSPS) is 17.0. The SMILES string of the molecule is CS(=O)(=O)c1cccc(C(=O)N[C@H]2COc3ccccc3C2)c1. The van der Waals surface area contributed by atoms with Gasteiger partial charge in [0.05, 0.1) is 10.9 Å². The Labute approximate surface area is 135 Å². The van der Waals surface area contributed by atoms with Crippen molar-refractivity contribution in [1.82, 2.24) is 5.32 Å². The molecule has 0 saturated carbocycles. The Bertz CT molecular complexity index is 845. The summed E-state index contributed by atoms with van der Waals surface area (Å²) in [7, 11) is -3.34. The number of hydrogen-bond donors (Lipinski definition) is 1. The van der Waals surface area contributed by atoms with E-state index in [9.17, 15) is 13.2 Å². The van der Waals surface area contributed by atoms with Gasteiger partial charge in [0, 0.05) is 11.8 Å². The summed E-state index contributed by atoms with van der Waals surface area (Å²) in [6.45, 7) is 0.397. The molecule has 0 unspecified atom stereocenters. The number of benzene rings is 2. The molecular formula is C17H17NO4S. The van der Waals surface area contributed by atoms with E-state index in [1.165, 1.54) is 12.1 Å². The van der Waals surface area contributed by atoms with E-state index in [-0.39, 0.29) is 16.8 Å². The first-order valence-corrected chi connectivity index (χ1v) is 9.14. The highest BCUT2D eigenvalue weighted by molar-refractivity contribution is 7.90. The zero-order valence-electron chi connectivity index (χ0n) is 12.7. The van der Waals surface area contributed by atoms with Gasteiger partial charge in [-0.3, -0.25) is 4.79 Å². The molecule has 1 N–H and O–H groups in total. The molecule has 1 amide bonds. The molecule has 0 aliphatic carbocycles. The van der Waals surface area contributed by atoms with Crippen LogP contribution in [-0.2, 0) is 16.3 Å². The van der Waals surface area contributed by atoms with E-state index in [1.54, 1.807) is 12.1 Å². The molecule has 0 radical (unpaired) electrons. The summed E-state index contributed by atoms with van der Waals surface area (Å²) < 4.78 is 28.8. The summed E-state index contributed by atoms with van der Waals surface area (Å²) in [5.74, 6) is 0.542. The summed E-state index contributed by atoms with van der Waals surface area (Å²) in [6.07, 6.45) is 1.81. The van der Waals surface area contributed by atoms with Crippen LogP contribution in [0, 0.1) is 0 Å². The van der Waals surface area contributed by atoms with Crippen molar-refractivity contribution in [3.63, 3.8) is 0 Å². The molecule has 5 nitrogen and oxygen atoms in total. The van der Waals surface area contributed by atoms with E-state index in [0.717, 1.165) is 17.6 Å². The van der Waals surface area contributed by atoms with Crippen LogP contribution < -0.4 is 10.1 Å². The molecule has 1 aliphatic rings. The second-order valence-corrected chi connectivity index (χ2v) is 7.61. The first kappa shape index (κ1) is 15.6. The third kappa shape index (κ3) is 3.53. The van der Waals surface area contributed by atoms with Crippen molar-refractivity contribution in [2.45, 2.75) is 17.4 Å². The Morgan fingerprint density at radius 2 is 1.96 bits per heavy atom. The van der Waals surface area contributed by atoms with Gasteiger partial charge < -0.3 is 10.1 Å². The van der Waals surface area contributed by atoms with Crippen molar-refractivity contribution in [2.75, 3.05) is 12.9 Å². The fourth-order valence-corrected chi connectivity index (χ4v) is 3.22. The van der Waals surface area contributed by atoms with E-state index in [1.807, 2.05) is 24.3 Å². The number of amides is 1. The largest absolute Gasteiger partial charge is 0.491 e. The number of hydrogen-bond acceptors (Lipinski definition) is 4. The average molecular weight is 331 g/mol. The van der Waals surface area contributed by atoms with Crippen LogP contribution in [0.2, 0.25) is 0 Å². The third-order valence-electron chi connectivity index (χ3n) is 3.74. The second kappa shape index (κ2) is 6.04. The first-order valence-electron chi connectivity index (χ1n) is 7.25. The van der Waals surface area contributed by atoms with Crippen LogP contribution in [0.4, 0.5) is 0 Å². The number of para-hydroxylation sites is 1. The number of carbonyl (C=O) groups excluding carboxylic acids is 1. The van der Waals surface area contributed by atoms with Crippen LogP contribution in [0.3, 0.4) is 0 Å². The van der Waals surface area contributed by atoms with Crippen LogP contribution in [0.5, 0.6) is 5.75 Å². The summed E-state index contributed by atoms with van der Waals surface area (Å²) in [5.41, 5.74) is 1.38. The van der Waals surface area contributed by atoms with Gasteiger partial charge in [-0.25, -0.2) is 8.42 Å². The highest BCUT2D eigenvalue weighted by Crippen LogP contribution is 2.24. The Balaban J connectivity index is 1.73. The number of rotatable bonds is 3. The van der Waals surface area contributed by atoms with E-state index in [2.05, 4.69) is 5.32 Å². The van der Waals surface area contributed by atoms with Gasteiger partial charge in [-0.2, -0.15) is 0 Å². The van der Waals surface area contributed by atoms with E-state index in [4.69, 9.17) is 4.74 Å². The minimum absolute atomic E-state index is 0.135. The topological polar surface area (TPSA) is 72.5 Å². The molecule has 0 fully saturated rings. The van der Waals surface area contributed by atoms with Gasteiger partial charge in [0.15, 0.2) is 9.84 Å². The highest BCUT2D eigenvalue weighted by atomic mass is 32.2. The van der Waals surface area contributed by atoms with Gasteiger partial charge in [0.2, 0.25) is 0 Å². The molecule has 0 saturated heterocycles. The Hall–Kier alpha value is -2.34. The second-order valence-electron chi connectivity index (χ2n) is 5.59. The lowest BCUT2D eigenvalue weighted by Crippen LogP contribution is -2.42. The van der Waals surface area contributed by atoms with Crippen molar-refractivity contribution in [3.8, 4) is 5.75 Å². The monoisotopic (exact) mass is 331 g/mol. The van der Waals surface area contributed by atoms with E-state index < -0.39 is 9.84 Å². The number of nitrogens with one attached hydrogen (secondary N) is 1. The van der Waals surface area contributed by atoms with Crippen molar-refractivity contribution in [3.05, 3.63) is 59.7 Å². The van der Waals surface area contributed by atoms with Crippen molar-refractivity contribution in [1.29, 1.82) is 0 Å². The number of ether oxygens (including phenoxy) is 1. The lowest BCUT2D eigenvalue weighted by atomic mass is 10.0. The minimum Gasteiger partial charge on any atom is -0.491 e. The molecule has 2 aromatic rings.